The topological polar surface area (TPSA) is 52.2 Å². The molecular weight excluding hydrogens is 455 g/mol. The van der Waals surface area contributed by atoms with Gasteiger partial charge in [-0.3, -0.25) is 0 Å². The summed E-state index contributed by atoms with van der Waals surface area (Å²) in [6.45, 7) is 1.01. The first kappa shape index (κ1) is 23.6. The number of hydrogen-bond acceptors (Lipinski definition) is 5. The van der Waals surface area contributed by atoms with Gasteiger partial charge in [-0.25, -0.2) is 4.39 Å². The number of rotatable bonds is 7. The number of methoxy groups -OCH3 is 3. The SMILES string of the molecule is COc1ccc(OC[C@H]2c3cc(OC)c(OC)cc3CCN2C(=S)Nc2cccc(F)c2)cc1. The van der Waals surface area contributed by atoms with Crippen molar-refractivity contribution in [3.63, 3.8) is 0 Å². The predicted octanol–water partition coefficient (Wildman–Crippen LogP) is 5.23. The average molecular weight is 483 g/mol. The molecule has 8 heteroatoms. The van der Waals surface area contributed by atoms with Crippen LogP contribution < -0.4 is 24.3 Å². The maximum atomic E-state index is 13.7. The van der Waals surface area contributed by atoms with Crippen LogP contribution in [0.3, 0.4) is 0 Å². The van der Waals surface area contributed by atoms with E-state index in [1.54, 1.807) is 33.5 Å². The molecule has 1 heterocycles. The Hall–Kier alpha value is -3.52. The number of hydrogen-bond donors (Lipinski definition) is 1. The second-order valence-electron chi connectivity index (χ2n) is 7.79. The van der Waals surface area contributed by atoms with Gasteiger partial charge < -0.3 is 29.2 Å². The van der Waals surface area contributed by atoms with E-state index in [0.29, 0.717) is 35.5 Å². The van der Waals surface area contributed by atoms with Crippen LogP contribution >= 0.6 is 12.2 Å². The Labute approximate surface area is 204 Å². The minimum atomic E-state index is -0.326. The highest BCUT2D eigenvalue weighted by molar-refractivity contribution is 7.80. The molecule has 0 saturated carbocycles. The van der Waals surface area contributed by atoms with Crippen molar-refractivity contribution < 1.29 is 23.3 Å². The first-order valence-corrected chi connectivity index (χ1v) is 11.3. The lowest BCUT2D eigenvalue weighted by Gasteiger charge is -2.39. The Kier molecular flexibility index (Phi) is 7.37. The molecule has 0 saturated heterocycles. The molecule has 0 fully saturated rings. The third-order valence-electron chi connectivity index (χ3n) is 5.81. The molecule has 0 spiro atoms. The number of thiocarbonyl (C=S) groups is 1. The van der Waals surface area contributed by atoms with Crippen molar-refractivity contribution in [1.82, 2.24) is 4.90 Å². The highest BCUT2D eigenvalue weighted by Crippen LogP contribution is 2.38. The maximum absolute atomic E-state index is 13.7. The number of nitrogens with one attached hydrogen (secondary N) is 1. The van der Waals surface area contributed by atoms with E-state index >= 15 is 0 Å². The van der Waals surface area contributed by atoms with Crippen molar-refractivity contribution in [2.45, 2.75) is 12.5 Å². The molecular formula is C26H27FN2O4S. The minimum absolute atomic E-state index is 0.195. The molecule has 0 amide bonds. The van der Waals surface area contributed by atoms with Crippen LogP contribution in [0.25, 0.3) is 0 Å². The second kappa shape index (κ2) is 10.6. The van der Waals surface area contributed by atoms with Crippen molar-refractivity contribution in [1.29, 1.82) is 0 Å². The lowest BCUT2D eigenvalue weighted by Crippen LogP contribution is -2.44. The lowest BCUT2D eigenvalue weighted by atomic mass is 9.92. The maximum Gasteiger partial charge on any atom is 0.174 e. The third-order valence-corrected chi connectivity index (χ3v) is 6.14. The van der Waals surface area contributed by atoms with Crippen LogP contribution in [0.4, 0.5) is 10.1 Å². The van der Waals surface area contributed by atoms with Crippen LogP contribution in [0.5, 0.6) is 23.0 Å². The van der Waals surface area contributed by atoms with Crippen molar-refractivity contribution in [3.8, 4) is 23.0 Å². The van der Waals surface area contributed by atoms with Crippen LogP contribution in [-0.2, 0) is 6.42 Å². The molecule has 34 heavy (non-hydrogen) atoms. The number of fused-ring (bicyclic) bond motifs is 1. The Balaban J connectivity index is 1.63. The van der Waals surface area contributed by atoms with Crippen LogP contribution in [0.2, 0.25) is 0 Å². The summed E-state index contributed by atoms with van der Waals surface area (Å²) in [4.78, 5) is 2.07. The normalized spacial score (nSPS) is 14.7. The zero-order valence-corrected chi connectivity index (χ0v) is 20.2. The van der Waals surface area contributed by atoms with Gasteiger partial charge in [0.15, 0.2) is 16.6 Å². The Bertz CT molecular complexity index is 1160. The van der Waals surface area contributed by atoms with E-state index in [9.17, 15) is 4.39 Å². The van der Waals surface area contributed by atoms with E-state index in [4.69, 9.17) is 31.2 Å². The zero-order chi connectivity index (χ0) is 24.1. The van der Waals surface area contributed by atoms with E-state index in [0.717, 1.165) is 29.0 Å². The number of halogens is 1. The third kappa shape index (κ3) is 5.17. The highest BCUT2D eigenvalue weighted by atomic mass is 32.1. The van der Waals surface area contributed by atoms with E-state index < -0.39 is 0 Å². The zero-order valence-electron chi connectivity index (χ0n) is 19.3. The fourth-order valence-corrected chi connectivity index (χ4v) is 4.40. The van der Waals surface area contributed by atoms with Gasteiger partial charge >= 0.3 is 0 Å². The van der Waals surface area contributed by atoms with Crippen molar-refractivity contribution in [2.24, 2.45) is 0 Å². The summed E-state index contributed by atoms with van der Waals surface area (Å²) in [5.74, 6) is 2.48. The monoisotopic (exact) mass is 482 g/mol. The molecule has 0 unspecified atom stereocenters. The predicted molar refractivity (Wildman–Crippen MR) is 134 cm³/mol. The van der Waals surface area contributed by atoms with Crippen LogP contribution in [0.15, 0.2) is 60.7 Å². The van der Waals surface area contributed by atoms with E-state index in [1.807, 2.05) is 36.4 Å². The molecule has 3 aromatic carbocycles. The molecule has 3 aromatic rings. The van der Waals surface area contributed by atoms with Gasteiger partial charge in [0.05, 0.1) is 27.4 Å². The molecule has 0 bridgehead atoms. The minimum Gasteiger partial charge on any atom is -0.497 e. The van der Waals surface area contributed by atoms with Gasteiger partial charge in [0.1, 0.15) is 23.9 Å². The average Bonchev–Trinajstić information content (AvgIpc) is 2.86. The van der Waals surface area contributed by atoms with Crippen molar-refractivity contribution >= 4 is 23.0 Å². The molecule has 6 nitrogen and oxygen atoms in total. The van der Waals surface area contributed by atoms with Gasteiger partial charge in [-0.15, -0.1) is 0 Å². The number of anilines is 1. The van der Waals surface area contributed by atoms with E-state index in [-0.39, 0.29) is 11.9 Å². The quantitative estimate of drug-likeness (QED) is 0.463. The molecule has 1 aliphatic rings. The van der Waals surface area contributed by atoms with E-state index in [1.165, 1.54) is 12.1 Å². The van der Waals surface area contributed by atoms with Gasteiger partial charge in [0, 0.05) is 12.2 Å². The molecule has 4 rings (SSSR count). The summed E-state index contributed by atoms with van der Waals surface area (Å²) in [5, 5.41) is 3.66. The largest absolute Gasteiger partial charge is 0.497 e. The number of benzene rings is 3. The molecule has 0 radical (unpaired) electrons. The summed E-state index contributed by atoms with van der Waals surface area (Å²) >= 11 is 5.74. The molecule has 0 aromatic heterocycles. The second-order valence-corrected chi connectivity index (χ2v) is 8.18. The van der Waals surface area contributed by atoms with E-state index in [2.05, 4.69) is 10.2 Å². The number of ether oxygens (including phenoxy) is 4. The summed E-state index contributed by atoms with van der Waals surface area (Å²) in [7, 11) is 4.87. The Morgan fingerprint density at radius 1 is 0.971 bits per heavy atom. The van der Waals surface area contributed by atoms with Crippen molar-refractivity contribution in [2.75, 3.05) is 39.8 Å². The van der Waals surface area contributed by atoms with Crippen molar-refractivity contribution in [3.05, 3.63) is 77.6 Å². The molecule has 178 valence electrons. The van der Waals surface area contributed by atoms with Gasteiger partial charge in [0.2, 0.25) is 0 Å². The summed E-state index contributed by atoms with van der Waals surface area (Å²) in [6.07, 6.45) is 0.764. The van der Waals surface area contributed by atoms with Gasteiger partial charge in [-0.05, 0) is 84.4 Å². The fraction of sp³-hybridized carbons (Fsp3) is 0.269. The first-order valence-electron chi connectivity index (χ1n) is 10.9. The molecule has 1 N–H and O–H groups in total. The number of nitrogens with zero attached hydrogens (tertiary/aromatic N) is 1. The smallest absolute Gasteiger partial charge is 0.174 e. The summed E-state index contributed by atoms with van der Waals surface area (Å²) in [6, 6.07) is 17.5. The first-order chi connectivity index (χ1) is 16.5. The van der Waals surface area contributed by atoms with Crippen LogP contribution in [0, 0.1) is 5.82 Å². The van der Waals surface area contributed by atoms with Gasteiger partial charge in [-0.2, -0.15) is 0 Å². The molecule has 0 aliphatic carbocycles. The Morgan fingerprint density at radius 3 is 2.35 bits per heavy atom. The summed E-state index contributed by atoms with van der Waals surface area (Å²) < 4.78 is 36.1. The van der Waals surface area contributed by atoms with Crippen LogP contribution in [0.1, 0.15) is 17.2 Å². The summed E-state index contributed by atoms with van der Waals surface area (Å²) in [5.41, 5.74) is 2.78. The highest BCUT2D eigenvalue weighted by Gasteiger charge is 2.31. The van der Waals surface area contributed by atoms with Crippen LogP contribution in [-0.4, -0.2) is 44.5 Å². The fourth-order valence-electron chi connectivity index (χ4n) is 4.06. The molecule has 1 aliphatic heterocycles. The standard InChI is InChI=1S/C26H27FN2O4S/c1-30-20-7-9-21(10-8-20)33-16-23-22-15-25(32-3)24(31-2)13-17(22)11-12-29(23)26(34)28-19-6-4-5-18(27)14-19/h4-10,13-15,23H,11-12,16H2,1-3H3,(H,28,34)/t23-/m0/s1. The Morgan fingerprint density at radius 2 is 1.68 bits per heavy atom. The van der Waals surface area contributed by atoms with Gasteiger partial charge in [-0.1, -0.05) is 6.07 Å². The lowest BCUT2D eigenvalue weighted by molar-refractivity contribution is 0.190. The molecule has 1 atom stereocenters. The van der Waals surface area contributed by atoms with Gasteiger partial charge in [0.25, 0.3) is 0 Å².